The van der Waals surface area contributed by atoms with Gasteiger partial charge in [-0.2, -0.15) is 4.98 Å². The molecular formula is C23H26ClN5O2. The van der Waals surface area contributed by atoms with Gasteiger partial charge < -0.3 is 9.84 Å². The van der Waals surface area contributed by atoms with E-state index in [4.69, 9.17) is 16.1 Å². The lowest BCUT2D eigenvalue weighted by Crippen LogP contribution is -2.49. The molecule has 0 radical (unpaired) electrons. The normalized spacial score (nSPS) is 16.2. The van der Waals surface area contributed by atoms with Gasteiger partial charge in [0.1, 0.15) is 0 Å². The molecule has 1 amide bonds. The van der Waals surface area contributed by atoms with Gasteiger partial charge in [0.25, 0.3) is 0 Å². The lowest BCUT2D eigenvalue weighted by atomic mass is 10.1. The summed E-state index contributed by atoms with van der Waals surface area (Å²) in [5.74, 6) is 1.20. The molecule has 2 aromatic carbocycles. The third-order valence-corrected chi connectivity index (χ3v) is 5.81. The summed E-state index contributed by atoms with van der Waals surface area (Å²) in [5, 5.41) is 7.71. The van der Waals surface area contributed by atoms with Gasteiger partial charge in [-0.05, 0) is 38.1 Å². The Morgan fingerprint density at radius 3 is 2.45 bits per heavy atom. The second-order valence-electron chi connectivity index (χ2n) is 7.87. The Hall–Kier alpha value is -2.74. The summed E-state index contributed by atoms with van der Waals surface area (Å²) >= 11 is 5.88. The first kappa shape index (κ1) is 21.5. The van der Waals surface area contributed by atoms with Gasteiger partial charge in [-0.25, -0.2) is 0 Å². The van der Waals surface area contributed by atoms with Gasteiger partial charge in [0.05, 0.1) is 12.6 Å². The third kappa shape index (κ3) is 5.50. The number of carbonyl (C=O) groups excluding carboxylic acids is 1. The highest BCUT2D eigenvalue weighted by Crippen LogP contribution is 2.23. The molecule has 1 aromatic heterocycles. The predicted molar refractivity (Wildman–Crippen MR) is 121 cm³/mol. The number of rotatable bonds is 6. The molecule has 0 spiro atoms. The smallest absolute Gasteiger partial charge is 0.244 e. The molecule has 0 aliphatic carbocycles. The number of nitrogens with one attached hydrogen (secondary N) is 1. The summed E-state index contributed by atoms with van der Waals surface area (Å²) in [6.45, 7) is 7.76. The van der Waals surface area contributed by atoms with Crippen LogP contribution in [0.1, 0.15) is 24.4 Å². The fraction of sp³-hybridized carbons (Fsp3) is 0.348. The van der Waals surface area contributed by atoms with E-state index < -0.39 is 0 Å². The zero-order valence-electron chi connectivity index (χ0n) is 17.7. The average Bonchev–Trinajstić information content (AvgIpc) is 3.26. The highest BCUT2D eigenvalue weighted by molar-refractivity contribution is 6.30. The van der Waals surface area contributed by atoms with E-state index >= 15 is 0 Å². The van der Waals surface area contributed by atoms with Gasteiger partial charge >= 0.3 is 0 Å². The maximum atomic E-state index is 12.3. The van der Waals surface area contributed by atoms with Crippen molar-refractivity contribution in [3.63, 3.8) is 0 Å². The predicted octanol–water partition coefficient (Wildman–Crippen LogP) is 4.02. The van der Waals surface area contributed by atoms with Crippen LogP contribution in [0.2, 0.25) is 5.02 Å². The van der Waals surface area contributed by atoms with Crippen molar-refractivity contribution >= 4 is 23.2 Å². The molecule has 2 heterocycles. The van der Waals surface area contributed by atoms with Crippen molar-refractivity contribution in [1.29, 1.82) is 0 Å². The van der Waals surface area contributed by atoms with E-state index in [0.717, 1.165) is 37.4 Å². The summed E-state index contributed by atoms with van der Waals surface area (Å²) in [4.78, 5) is 21.4. The Morgan fingerprint density at radius 1 is 1.10 bits per heavy atom. The number of hydrogen-bond acceptors (Lipinski definition) is 6. The van der Waals surface area contributed by atoms with E-state index in [2.05, 4.69) is 39.1 Å². The van der Waals surface area contributed by atoms with Crippen LogP contribution in [0, 0.1) is 6.92 Å². The van der Waals surface area contributed by atoms with Gasteiger partial charge in [-0.3, -0.25) is 14.6 Å². The minimum Gasteiger partial charge on any atom is -0.337 e. The van der Waals surface area contributed by atoms with Crippen LogP contribution in [-0.2, 0) is 4.79 Å². The number of halogens is 1. The topological polar surface area (TPSA) is 74.5 Å². The minimum atomic E-state index is -0.0246. The quantitative estimate of drug-likeness (QED) is 0.625. The summed E-state index contributed by atoms with van der Waals surface area (Å²) < 4.78 is 5.54. The van der Waals surface area contributed by atoms with Crippen molar-refractivity contribution < 1.29 is 9.32 Å². The number of anilines is 1. The molecule has 1 saturated heterocycles. The largest absolute Gasteiger partial charge is 0.337 e. The highest BCUT2D eigenvalue weighted by atomic mass is 35.5. The molecule has 1 N–H and O–H groups in total. The SMILES string of the molecule is Cc1ccc(-c2noc(C(C)N3CCN(CC(=O)Nc4ccc(Cl)cc4)CC3)n2)cc1. The Kier molecular flexibility index (Phi) is 6.65. The zero-order chi connectivity index (χ0) is 21.8. The van der Waals surface area contributed by atoms with Crippen LogP contribution < -0.4 is 5.32 Å². The molecule has 1 aliphatic heterocycles. The fourth-order valence-corrected chi connectivity index (χ4v) is 3.75. The maximum Gasteiger partial charge on any atom is 0.244 e. The van der Waals surface area contributed by atoms with Gasteiger partial charge in [0.2, 0.25) is 17.6 Å². The molecule has 0 saturated carbocycles. The molecule has 1 unspecified atom stereocenters. The van der Waals surface area contributed by atoms with Gasteiger partial charge in [0.15, 0.2) is 0 Å². The monoisotopic (exact) mass is 439 g/mol. The third-order valence-electron chi connectivity index (χ3n) is 5.56. The standard InChI is InChI=1S/C23H26ClN5O2/c1-16-3-5-18(6-4-16)22-26-23(31-27-22)17(2)29-13-11-28(12-14-29)15-21(30)25-20-9-7-19(24)8-10-20/h3-10,17H,11-15H2,1-2H3,(H,25,30). The lowest BCUT2D eigenvalue weighted by molar-refractivity contribution is -0.117. The summed E-state index contributed by atoms with van der Waals surface area (Å²) in [6.07, 6.45) is 0. The van der Waals surface area contributed by atoms with E-state index in [1.54, 1.807) is 24.3 Å². The van der Waals surface area contributed by atoms with Crippen LogP contribution in [0.25, 0.3) is 11.4 Å². The Morgan fingerprint density at radius 2 is 1.77 bits per heavy atom. The van der Waals surface area contributed by atoms with Crippen molar-refractivity contribution in [3.05, 3.63) is 65.0 Å². The fourth-order valence-electron chi connectivity index (χ4n) is 3.63. The van der Waals surface area contributed by atoms with Crippen molar-refractivity contribution in [3.8, 4) is 11.4 Å². The van der Waals surface area contributed by atoms with E-state index in [1.165, 1.54) is 5.56 Å². The molecule has 0 bridgehead atoms. The van der Waals surface area contributed by atoms with Gasteiger partial charge in [-0.15, -0.1) is 0 Å². The first-order valence-corrected chi connectivity index (χ1v) is 10.8. The number of aryl methyl sites for hydroxylation is 1. The van der Waals surface area contributed by atoms with Crippen molar-refractivity contribution in [2.75, 3.05) is 38.0 Å². The lowest BCUT2D eigenvalue weighted by Gasteiger charge is -2.36. The molecule has 8 heteroatoms. The van der Waals surface area contributed by atoms with Crippen LogP contribution in [0.4, 0.5) is 5.69 Å². The Balaban J connectivity index is 1.28. The number of amides is 1. The first-order valence-electron chi connectivity index (χ1n) is 10.4. The Labute approximate surface area is 187 Å². The highest BCUT2D eigenvalue weighted by Gasteiger charge is 2.26. The van der Waals surface area contributed by atoms with E-state index in [9.17, 15) is 4.79 Å². The summed E-state index contributed by atoms with van der Waals surface area (Å²) in [6, 6.07) is 15.2. The van der Waals surface area contributed by atoms with E-state index in [0.29, 0.717) is 23.3 Å². The molecule has 7 nitrogen and oxygen atoms in total. The van der Waals surface area contributed by atoms with Crippen LogP contribution in [0.15, 0.2) is 53.1 Å². The number of benzene rings is 2. The van der Waals surface area contributed by atoms with Crippen molar-refractivity contribution in [1.82, 2.24) is 19.9 Å². The van der Waals surface area contributed by atoms with E-state index in [1.807, 2.05) is 24.3 Å². The van der Waals surface area contributed by atoms with Crippen molar-refractivity contribution in [2.45, 2.75) is 19.9 Å². The maximum absolute atomic E-state index is 12.3. The van der Waals surface area contributed by atoms with Crippen LogP contribution >= 0.6 is 11.6 Å². The molecule has 31 heavy (non-hydrogen) atoms. The Bertz CT molecular complexity index is 1010. The zero-order valence-corrected chi connectivity index (χ0v) is 18.5. The summed E-state index contributed by atoms with van der Waals surface area (Å²) in [5.41, 5.74) is 2.90. The minimum absolute atomic E-state index is 0.0246. The molecule has 1 aliphatic rings. The molecular weight excluding hydrogens is 414 g/mol. The van der Waals surface area contributed by atoms with Gasteiger partial charge in [0, 0.05) is 42.5 Å². The van der Waals surface area contributed by atoms with Crippen LogP contribution in [-0.4, -0.2) is 58.6 Å². The summed E-state index contributed by atoms with van der Waals surface area (Å²) in [7, 11) is 0. The molecule has 4 rings (SSSR count). The van der Waals surface area contributed by atoms with Gasteiger partial charge in [-0.1, -0.05) is 46.6 Å². The number of nitrogens with zero attached hydrogens (tertiary/aromatic N) is 4. The molecule has 1 fully saturated rings. The number of hydrogen-bond donors (Lipinski definition) is 1. The number of piperazine rings is 1. The first-order chi connectivity index (χ1) is 15.0. The molecule has 3 aromatic rings. The second kappa shape index (κ2) is 9.60. The van der Waals surface area contributed by atoms with Crippen LogP contribution in [0.5, 0.6) is 0 Å². The van der Waals surface area contributed by atoms with Crippen LogP contribution in [0.3, 0.4) is 0 Å². The number of aromatic nitrogens is 2. The average molecular weight is 440 g/mol. The van der Waals surface area contributed by atoms with E-state index in [-0.39, 0.29) is 11.9 Å². The second-order valence-corrected chi connectivity index (χ2v) is 8.30. The van der Waals surface area contributed by atoms with Crippen molar-refractivity contribution in [2.24, 2.45) is 0 Å². The number of carbonyl (C=O) groups is 1. The molecule has 1 atom stereocenters. The molecule has 162 valence electrons.